The van der Waals surface area contributed by atoms with Gasteiger partial charge in [0.1, 0.15) is 5.75 Å². The molecule has 1 aromatic rings. The second-order valence-corrected chi connectivity index (χ2v) is 5.87. The number of carbonyl (C=O) groups is 1. The Labute approximate surface area is 120 Å². The Hall–Kier alpha value is -1.55. The molecule has 3 aliphatic heterocycles. The zero-order valence-corrected chi connectivity index (χ0v) is 12.2. The standard InChI is InChI=1S/C16H22N2O2/c1-11-4-3-5-13(15(11)20-2)16(19)17-14-10-18-8-6-12(14)7-9-18/h3-5,12,14H,6-10H2,1-2H3,(H,17,19). The zero-order chi connectivity index (χ0) is 14.1. The Balaban J connectivity index is 1.75. The molecular weight excluding hydrogens is 252 g/mol. The molecule has 3 saturated heterocycles. The van der Waals surface area contributed by atoms with Crippen LogP contribution in [0.15, 0.2) is 18.2 Å². The van der Waals surface area contributed by atoms with E-state index in [0.717, 1.165) is 12.1 Å². The minimum absolute atomic E-state index is 0.00991. The summed E-state index contributed by atoms with van der Waals surface area (Å²) in [6.07, 6.45) is 2.41. The Bertz CT molecular complexity index is 507. The average Bonchev–Trinajstić information content (AvgIpc) is 2.48. The van der Waals surface area contributed by atoms with E-state index in [-0.39, 0.29) is 11.9 Å². The molecule has 4 heteroatoms. The van der Waals surface area contributed by atoms with E-state index < -0.39 is 0 Å². The smallest absolute Gasteiger partial charge is 0.255 e. The van der Waals surface area contributed by atoms with Crippen molar-refractivity contribution in [2.24, 2.45) is 5.92 Å². The van der Waals surface area contributed by atoms with E-state index in [1.165, 1.54) is 25.9 Å². The maximum absolute atomic E-state index is 12.5. The van der Waals surface area contributed by atoms with E-state index in [2.05, 4.69) is 10.2 Å². The van der Waals surface area contributed by atoms with Crippen molar-refractivity contribution in [3.8, 4) is 5.75 Å². The number of fused-ring (bicyclic) bond motifs is 3. The molecule has 4 nitrogen and oxygen atoms in total. The summed E-state index contributed by atoms with van der Waals surface area (Å²) in [6, 6.07) is 5.99. The predicted octanol–water partition coefficient (Wildman–Crippen LogP) is 1.83. The van der Waals surface area contributed by atoms with Gasteiger partial charge in [-0.05, 0) is 50.4 Å². The van der Waals surface area contributed by atoms with Crippen molar-refractivity contribution < 1.29 is 9.53 Å². The monoisotopic (exact) mass is 274 g/mol. The van der Waals surface area contributed by atoms with Gasteiger partial charge in [-0.1, -0.05) is 12.1 Å². The highest BCUT2D eigenvalue weighted by Crippen LogP contribution is 2.28. The largest absolute Gasteiger partial charge is 0.496 e. The first-order valence-corrected chi connectivity index (χ1v) is 7.36. The van der Waals surface area contributed by atoms with E-state index >= 15 is 0 Å². The number of para-hydroxylation sites is 1. The van der Waals surface area contributed by atoms with Gasteiger partial charge in [-0.3, -0.25) is 4.79 Å². The molecule has 1 atom stereocenters. The molecule has 2 bridgehead atoms. The van der Waals surface area contributed by atoms with Crippen LogP contribution in [0.25, 0.3) is 0 Å². The van der Waals surface area contributed by atoms with Crippen molar-refractivity contribution >= 4 is 5.91 Å². The molecule has 108 valence electrons. The van der Waals surface area contributed by atoms with Crippen LogP contribution in [0.4, 0.5) is 0 Å². The number of carbonyl (C=O) groups excluding carboxylic acids is 1. The summed E-state index contributed by atoms with van der Waals surface area (Å²) >= 11 is 0. The fraction of sp³-hybridized carbons (Fsp3) is 0.562. The van der Waals surface area contributed by atoms with E-state index in [0.29, 0.717) is 17.2 Å². The van der Waals surface area contributed by atoms with Crippen molar-refractivity contribution in [1.29, 1.82) is 0 Å². The number of hydrogen-bond donors (Lipinski definition) is 1. The highest BCUT2D eigenvalue weighted by atomic mass is 16.5. The maximum atomic E-state index is 12.5. The van der Waals surface area contributed by atoms with Crippen LogP contribution in [-0.2, 0) is 0 Å². The Morgan fingerprint density at radius 3 is 2.70 bits per heavy atom. The molecule has 1 unspecified atom stereocenters. The fourth-order valence-electron chi connectivity index (χ4n) is 3.48. The van der Waals surface area contributed by atoms with Crippen LogP contribution in [0.3, 0.4) is 0 Å². The number of methoxy groups -OCH3 is 1. The van der Waals surface area contributed by atoms with Gasteiger partial charge in [-0.15, -0.1) is 0 Å². The van der Waals surface area contributed by atoms with Crippen molar-refractivity contribution in [2.75, 3.05) is 26.7 Å². The van der Waals surface area contributed by atoms with Gasteiger partial charge in [0.25, 0.3) is 5.91 Å². The Morgan fingerprint density at radius 2 is 2.10 bits per heavy atom. The van der Waals surface area contributed by atoms with Gasteiger partial charge in [0, 0.05) is 12.6 Å². The highest BCUT2D eigenvalue weighted by Gasteiger charge is 2.35. The van der Waals surface area contributed by atoms with Crippen LogP contribution in [0.5, 0.6) is 5.75 Å². The van der Waals surface area contributed by atoms with Crippen LogP contribution in [-0.4, -0.2) is 43.6 Å². The summed E-state index contributed by atoms with van der Waals surface area (Å²) in [5, 5.41) is 3.21. The molecule has 1 aromatic carbocycles. The summed E-state index contributed by atoms with van der Waals surface area (Å²) in [6.45, 7) is 5.32. The minimum atomic E-state index is -0.00991. The van der Waals surface area contributed by atoms with Crippen LogP contribution >= 0.6 is 0 Å². The lowest BCUT2D eigenvalue weighted by atomic mass is 9.84. The molecule has 0 radical (unpaired) electrons. The van der Waals surface area contributed by atoms with Crippen LogP contribution in [0, 0.1) is 12.8 Å². The highest BCUT2D eigenvalue weighted by molar-refractivity contribution is 5.97. The number of nitrogens with zero attached hydrogens (tertiary/aromatic N) is 1. The fourth-order valence-corrected chi connectivity index (χ4v) is 3.48. The molecule has 0 saturated carbocycles. The first-order chi connectivity index (χ1) is 9.69. The number of nitrogens with one attached hydrogen (secondary N) is 1. The summed E-state index contributed by atoms with van der Waals surface area (Å²) in [5.41, 5.74) is 1.64. The summed E-state index contributed by atoms with van der Waals surface area (Å²) in [4.78, 5) is 15.0. The predicted molar refractivity (Wildman–Crippen MR) is 78.1 cm³/mol. The number of ether oxygens (including phenoxy) is 1. The lowest BCUT2D eigenvalue weighted by molar-refractivity contribution is 0.0619. The lowest BCUT2D eigenvalue weighted by Gasteiger charge is -2.44. The zero-order valence-electron chi connectivity index (χ0n) is 12.2. The second kappa shape index (κ2) is 5.44. The van der Waals surface area contributed by atoms with Crippen molar-refractivity contribution in [3.05, 3.63) is 29.3 Å². The molecule has 4 rings (SSSR count). The third-order valence-corrected chi connectivity index (χ3v) is 4.63. The third-order valence-electron chi connectivity index (χ3n) is 4.63. The summed E-state index contributed by atoms with van der Waals surface area (Å²) < 4.78 is 5.38. The summed E-state index contributed by atoms with van der Waals surface area (Å²) in [5.74, 6) is 1.32. The molecule has 1 amide bonds. The third kappa shape index (κ3) is 2.40. The first-order valence-electron chi connectivity index (χ1n) is 7.36. The van der Waals surface area contributed by atoms with E-state index in [1.807, 2.05) is 25.1 Å². The molecule has 3 heterocycles. The minimum Gasteiger partial charge on any atom is -0.496 e. The molecule has 0 aromatic heterocycles. The number of rotatable bonds is 3. The van der Waals surface area contributed by atoms with Crippen LogP contribution in [0.1, 0.15) is 28.8 Å². The van der Waals surface area contributed by atoms with E-state index in [4.69, 9.17) is 4.74 Å². The quantitative estimate of drug-likeness (QED) is 0.914. The number of benzene rings is 1. The first kappa shape index (κ1) is 13.4. The summed E-state index contributed by atoms with van der Waals surface area (Å²) in [7, 11) is 1.62. The van der Waals surface area contributed by atoms with Gasteiger partial charge in [-0.2, -0.15) is 0 Å². The van der Waals surface area contributed by atoms with Crippen molar-refractivity contribution in [2.45, 2.75) is 25.8 Å². The molecule has 3 fully saturated rings. The molecular formula is C16H22N2O2. The normalized spacial score (nSPS) is 28.2. The SMILES string of the molecule is COc1c(C)cccc1C(=O)NC1CN2CCC1CC2. The second-order valence-electron chi connectivity index (χ2n) is 5.87. The molecule has 3 aliphatic rings. The van der Waals surface area contributed by atoms with Gasteiger partial charge in [0.2, 0.25) is 0 Å². The van der Waals surface area contributed by atoms with Gasteiger partial charge in [0.05, 0.1) is 12.7 Å². The Kier molecular flexibility index (Phi) is 3.66. The lowest BCUT2D eigenvalue weighted by Crippen LogP contribution is -2.57. The van der Waals surface area contributed by atoms with Gasteiger partial charge in [-0.25, -0.2) is 0 Å². The molecule has 0 spiro atoms. The van der Waals surface area contributed by atoms with E-state index in [1.54, 1.807) is 7.11 Å². The van der Waals surface area contributed by atoms with Crippen molar-refractivity contribution in [1.82, 2.24) is 10.2 Å². The maximum Gasteiger partial charge on any atom is 0.255 e. The van der Waals surface area contributed by atoms with Crippen molar-refractivity contribution in [3.63, 3.8) is 0 Å². The molecule has 20 heavy (non-hydrogen) atoms. The molecule has 0 aliphatic carbocycles. The number of piperidine rings is 3. The van der Waals surface area contributed by atoms with E-state index in [9.17, 15) is 4.79 Å². The number of amides is 1. The van der Waals surface area contributed by atoms with Gasteiger partial charge >= 0.3 is 0 Å². The Morgan fingerprint density at radius 1 is 1.35 bits per heavy atom. The van der Waals surface area contributed by atoms with Crippen LogP contribution < -0.4 is 10.1 Å². The number of aryl methyl sites for hydroxylation is 1. The van der Waals surface area contributed by atoms with Crippen LogP contribution in [0.2, 0.25) is 0 Å². The topological polar surface area (TPSA) is 41.6 Å². The average molecular weight is 274 g/mol. The molecule has 1 N–H and O–H groups in total. The van der Waals surface area contributed by atoms with Gasteiger partial charge in [0.15, 0.2) is 0 Å². The number of hydrogen-bond acceptors (Lipinski definition) is 3. The van der Waals surface area contributed by atoms with Gasteiger partial charge < -0.3 is 15.0 Å².